The maximum atomic E-state index is 2.50. The van der Waals surface area contributed by atoms with Crippen LogP contribution >= 0.6 is 0 Å². The summed E-state index contributed by atoms with van der Waals surface area (Å²) in [5.74, 6) is 0.464. The molecule has 2 nitrogen and oxygen atoms in total. The molecular formula is C43H32N2. The molecule has 1 aromatic heterocycles. The molecule has 2 heterocycles. The molecule has 0 radical (unpaired) electrons. The van der Waals surface area contributed by atoms with E-state index in [1.165, 1.54) is 71.9 Å². The van der Waals surface area contributed by atoms with Crippen molar-refractivity contribution in [2.24, 2.45) is 0 Å². The summed E-state index contributed by atoms with van der Waals surface area (Å²) in [6.07, 6.45) is 1.07. The molecule has 0 saturated carbocycles. The van der Waals surface area contributed by atoms with Crippen LogP contribution in [0.5, 0.6) is 0 Å². The summed E-state index contributed by atoms with van der Waals surface area (Å²) in [6.45, 7) is 0.975. The van der Waals surface area contributed by atoms with Gasteiger partial charge in [-0.2, -0.15) is 0 Å². The number of anilines is 2. The summed E-state index contributed by atoms with van der Waals surface area (Å²) in [5, 5.41) is 5.11. The molecule has 214 valence electrons. The molecule has 0 amide bonds. The van der Waals surface area contributed by atoms with E-state index in [-0.39, 0.29) is 0 Å². The summed E-state index contributed by atoms with van der Waals surface area (Å²) in [4.78, 5) is 2.50. The van der Waals surface area contributed by atoms with Crippen LogP contribution in [0.2, 0.25) is 0 Å². The van der Waals surface area contributed by atoms with Crippen molar-refractivity contribution in [3.63, 3.8) is 0 Å². The van der Waals surface area contributed by atoms with Crippen LogP contribution in [-0.4, -0.2) is 11.1 Å². The van der Waals surface area contributed by atoms with Crippen molar-refractivity contribution in [1.82, 2.24) is 4.57 Å². The van der Waals surface area contributed by atoms with E-state index in [0.717, 1.165) is 13.0 Å². The first-order valence-electron chi connectivity index (χ1n) is 15.8. The molecule has 0 bridgehead atoms. The molecule has 0 fully saturated rings. The van der Waals surface area contributed by atoms with Gasteiger partial charge in [-0.1, -0.05) is 127 Å². The van der Waals surface area contributed by atoms with Gasteiger partial charge in [0.25, 0.3) is 0 Å². The fourth-order valence-electron chi connectivity index (χ4n) is 7.42. The molecular weight excluding hydrogens is 544 g/mol. The minimum atomic E-state index is 0.464. The van der Waals surface area contributed by atoms with Crippen molar-refractivity contribution in [2.75, 3.05) is 11.4 Å². The second-order valence-electron chi connectivity index (χ2n) is 12.2. The lowest BCUT2D eigenvalue weighted by Gasteiger charge is -2.36. The van der Waals surface area contributed by atoms with Crippen molar-refractivity contribution >= 4 is 44.0 Å². The van der Waals surface area contributed by atoms with Gasteiger partial charge >= 0.3 is 0 Å². The molecule has 0 N–H and O–H groups in total. The lowest BCUT2D eigenvalue weighted by molar-refractivity contribution is 0.653. The quantitative estimate of drug-likeness (QED) is 0.202. The Morgan fingerprint density at radius 3 is 1.91 bits per heavy atom. The summed E-state index contributed by atoms with van der Waals surface area (Å²) in [7, 11) is 0. The topological polar surface area (TPSA) is 8.17 Å². The third-order valence-corrected chi connectivity index (χ3v) is 9.62. The molecule has 45 heavy (non-hydrogen) atoms. The number of hydrogen-bond acceptors (Lipinski definition) is 1. The number of aromatic nitrogens is 1. The van der Waals surface area contributed by atoms with Gasteiger partial charge in [0.15, 0.2) is 0 Å². The highest BCUT2D eigenvalue weighted by molar-refractivity contribution is 6.18. The summed E-state index contributed by atoms with van der Waals surface area (Å²) < 4.78 is 2.43. The lowest BCUT2D eigenvalue weighted by atomic mass is 9.87. The Hall–Kier alpha value is -5.60. The average molecular weight is 577 g/mol. The lowest BCUT2D eigenvalue weighted by Crippen LogP contribution is -2.30. The number of hydrogen-bond donors (Lipinski definition) is 0. The maximum Gasteiger partial charge on any atom is 0.0619 e. The van der Waals surface area contributed by atoms with E-state index in [1.807, 2.05) is 0 Å². The van der Waals surface area contributed by atoms with Crippen molar-refractivity contribution in [3.8, 4) is 16.8 Å². The number of para-hydroxylation sites is 2. The van der Waals surface area contributed by atoms with Gasteiger partial charge in [0.2, 0.25) is 0 Å². The molecule has 0 saturated heterocycles. The minimum Gasteiger partial charge on any atom is -0.341 e. The number of fused-ring (bicyclic) bond motifs is 6. The zero-order chi connectivity index (χ0) is 29.7. The van der Waals surface area contributed by atoms with Crippen molar-refractivity contribution in [3.05, 3.63) is 175 Å². The highest BCUT2D eigenvalue weighted by atomic mass is 15.1. The largest absolute Gasteiger partial charge is 0.341 e. The Balaban J connectivity index is 1.07. The van der Waals surface area contributed by atoms with E-state index in [0.29, 0.717) is 5.92 Å². The fourth-order valence-corrected chi connectivity index (χ4v) is 7.42. The molecule has 1 aliphatic rings. The van der Waals surface area contributed by atoms with Gasteiger partial charge in [-0.15, -0.1) is 0 Å². The smallest absolute Gasteiger partial charge is 0.0619 e. The van der Waals surface area contributed by atoms with Crippen LogP contribution in [0.3, 0.4) is 0 Å². The Morgan fingerprint density at radius 1 is 0.467 bits per heavy atom. The summed E-state index contributed by atoms with van der Waals surface area (Å²) in [5.41, 5.74) is 11.5. The Labute approximate surface area is 263 Å². The monoisotopic (exact) mass is 576 g/mol. The molecule has 2 heteroatoms. The van der Waals surface area contributed by atoms with E-state index in [2.05, 4.69) is 173 Å². The van der Waals surface area contributed by atoms with Crippen molar-refractivity contribution < 1.29 is 0 Å². The minimum absolute atomic E-state index is 0.464. The second-order valence-corrected chi connectivity index (χ2v) is 12.2. The molecule has 0 aliphatic carbocycles. The highest BCUT2D eigenvalue weighted by Gasteiger charge is 2.26. The van der Waals surface area contributed by atoms with Crippen LogP contribution in [0.15, 0.2) is 164 Å². The van der Waals surface area contributed by atoms with Crippen LogP contribution in [-0.2, 0) is 6.42 Å². The Morgan fingerprint density at radius 2 is 1.11 bits per heavy atom. The van der Waals surface area contributed by atoms with Gasteiger partial charge in [-0.25, -0.2) is 0 Å². The molecule has 9 rings (SSSR count). The average Bonchev–Trinajstić information content (AvgIpc) is 3.47. The molecule has 7 aromatic carbocycles. The van der Waals surface area contributed by atoms with Crippen LogP contribution in [0.25, 0.3) is 49.4 Å². The second kappa shape index (κ2) is 10.5. The third kappa shape index (κ3) is 4.33. The Bertz CT molecular complexity index is 2310. The Kier molecular flexibility index (Phi) is 6.05. The van der Waals surface area contributed by atoms with Gasteiger partial charge in [0.05, 0.1) is 11.0 Å². The molecule has 0 spiro atoms. The zero-order valence-corrected chi connectivity index (χ0v) is 25.0. The summed E-state index contributed by atoms with van der Waals surface area (Å²) >= 11 is 0. The SMILES string of the molecule is c1ccc(C2Cc3ccccc3N(c3ccc(-c4ccc(-n5c6ccccc6c6ccc7ccccc7c65)cc4)cc3)C2)cc1. The fraction of sp³-hybridized carbons (Fsp3) is 0.0698. The summed E-state index contributed by atoms with van der Waals surface area (Å²) in [6, 6.07) is 60.0. The first-order valence-corrected chi connectivity index (χ1v) is 15.8. The van der Waals surface area contributed by atoms with E-state index in [9.17, 15) is 0 Å². The van der Waals surface area contributed by atoms with Crippen LogP contribution < -0.4 is 4.90 Å². The predicted octanol–water partition coefficient (Wildman–Crippen LogP) is 11.1. The van der Waals surface area contributed by atoms with Crippen molar-refractivity contribution in [2.45, 2.75) is 12.3 Å². The highest BCUT2D eigenvalue weighted by Crippen LogP contribution is 2.40. The van der Waals surface area contributed by atoms with Gasteiger partial charge < -0.3 is 9.47 Å². The first-order chi connectivity index (χ1) is 22.3. The van der Waals surface area contributed by atoms with Crippen LogP contribution in [0, 0.1) is 0 Å². The standard InChI is InChI=1S/C43H32N2/c1-2-10-30(11-3-1)35-28-34-13-5-8-16-41(34)44(29-35)36-23-18-31(19-24-36)32-20-25-37(26-21-32)45-42-17-9-7-15-39(42)40-27-22-33-12-4-6-14-38(33)43(40)45/h1-27,35H,28-29H2. The molecule has 1 atom stereocenters. The molecule has 1 aliphatic heterocycles. The van der Waals surface area contributed by atoms with E-state index in [4.69, 9.17) is 0 Å². The van der Waals surface area contributed by atoms with Crippen LogP contribution in [0.4, 0.5) is 11.4 Å². The maximum absolute atomic E-state index is 2.50. The first kappa shape index (κ1) is 25.9. The van der Waals surface area contributed by atoms with Crippen LogP contribution in [0.1, 0.15) is 17.0 Å². The number of nitrogens with zero attached hydrogens (tertiary/aromatic N) is 2. The molecule has 1 unspecified atom stereocenters. The van der Waals surface area contributed by atoms with Gasteiger partial charge in [0, 0.05) is 45.7 Å². The van der Waals surface area contributed by atoms with E-state index in [1.54, 1.807) is 0 Å². The zero-order valence-electron chi connectivity index (χ0n) is 25.0. The normalized spacial score (nSPS) is 14.7. The predicted molar refractivity (Wildman–Crippen MR) is 190 cm³/mol. The van der Waals surface area contributed by atoms with E-state index >= 15 is 0 Å². The van der Waals surface area contributed by atoms with Crippen molar-refractivity contribution in [1.29, 1.82) is 0 Å². The molecule has 8 aromatic rings. The van der Waals surface area contributed by atoms with Gasteiger partial charge in [0.1, 0.15) is 0 Å². The number of rotatable bonds is 4. The number of benzene rings is 7. The van der Waals surface area contributed by atoms with Gasteiger partial charge in [-0.05, 0) is 70.5 Å². The van der Waals surface area contributed by atoms with E-state index < -0.39 is 0 Å². The third-order valence-electron chi connectivity index (χ3n) is 9.62. The van der Waals surface area contributed by atoms with Gasteiger partial charge in [-0.3, -0.25) is 0 Å².